The third-order valence-corrected chi connectivity index (χ3v) is 4.70. The van der Waals surface area contributed by atoms with Crippen molar-refractivity contribution >= 4 is 22.5 Å². The van der Waals surface area contributed by atoms with E-state index in [1.165, 1.54) is 16.3 Å². The second-order valence-corrected chi connectivity index (χ2v) is 7.95. The van der Waals surface area contributed by atoms with Crippen molar-refractivity contribution < 1.29 is 0 Å². The van der Waals surface area contributed by atoms with Gasteiger partial charge in [0.05, 0.1) is 0 Å². The Bertz CT molecular complexity index is 551. The second kappa shape index (κ2) is 6.64. The van der Waals surface area contributed by atoms with Crippen LogP contribution < -0.4 is 5.32 Å². The predicted octanol–water partition coefficient (Wildman–Crippen LogP) is 5.02. The van der Waals surface area contributed by atoms with E-state index in [9.17, 15) is 0 Å². The first-order valence-corrected chi connectivity index (χ1v) is 8.35. The number of hydrogen-bond donors (Lipinski definition) is 1. The maximum Gasteiger partial charge on any atom is 0.0418 e. The van der Waals surface area contributed by atoms with Gasteiger partial charge in [-0.2, -0.15) is 11.8 Å². The lowest BCUT2D eigenvalue weighted by atomic mass is 9.99. The molecule has 0 saturated carbocycles. The van der Waals surface area contributed by atoms with Gasteiger partial charge in [-0.15, -0.1) is 0 Å². The van der Waals surface area contributed by atoms with Crippen molar-refractivity contribution in [2.45, 2.75) is 38.5 Å². The molecule has 2 aromatic carbocycles. The fourth-order valence-corrected chi connectivity index (χ4v) is 3.36. The number of benzene rings is 2. The van der Waals surface area contributed by atoms with E-state index < -0.39 is 0 Å². The average molecular weight is 287 g/mol. The van der Waals surface area contributed by atoms with Crippen molar-refractivity contribution in [1.82, 2.24) is 5.32 Å². The predicted molar refractivity (Wildman–Crippen MR) is 92.6 cm³/mol. The van der Waals surface area contributed by atoms with Gasteiger partial charge in [0.15, 0.2) is 0 Å². The molecule has 0 heterocycles. The monoisotopic (exact) mass is 287 g/mol. The van der Waals surface area contributed by atoms with Gasteiger partial charge in [-0.25, -0.2) is 0 Å². The molecule has 1 nitrogen and oxygen atoms in total. The van der Waals surface area contributed by atoms with E-state index in [4.69, 9.17) is 0 Å². The van der Waals surface area contributed by atoms with Gasteiger partial charge in [0, 0.05) is 16.5 Å². The van der Waals surface area contributed by atoms with Crippen LogP contribution in [0.4, 0.5) is 0 Å². The van der Waals surface area contributed by atoms with Crippen molar-refractivity contribution in [1.29, 1.82) is 0 Å². The highest BCUT2D eigenvalue weighted by molar-refractivity contribution is 8.00. The molecule has 0 aromatic heterocycles. The number of nitrogens with one attached hydrogen (secondary N) is 1. The minimum atomic E-state index is 0.304. The highest BCUT2D eigenvalue weighted by atomic mass is 32.2. The Kier molecular flexibility index (Phi) is 5.11. The van der Waals surface area contributed by atoms with E-state index in [1.54, 1.807) is 0 Å². The quantitative estimate of drug-likeness (QED) is 0.828. The standard InChI is InChI=1S/C18H25NS/c1-5-19-17(13-20-18(2,3)4)16-12-8-10-14-9-6-7-11-15(14)16/h6-12,17,19H,5,13H2,1-4H3. The van der Waals surface area contributed by atoms with Crippen LogP contribution in [0, 0.1) is 0 Å². The van der Waals surface area contributed by atoms with E-state index in [0.29, 0.717) is 10.8 Å². The van der Waals surface area contributed by atoms with Gasteiger partial charge < -0.3 is 5.32 Å². The molecule has 2 rings (SSSR count). The van der Waals surface area contributed by atoms with E-state index in [0.717, 1.165) is 12.3 Å². The van der Waals surface area contributed by atoms with Crippen LogP contribution in [0.5, 0.6) is 0 Å². The zero-order chi connectivity index (χ0) is 14.6. The fourth-order valence-electron chi connectivity index (χ4n) is 2.39. The molecule has 20 heavy (non-hydrogen) atoms. The maximum atomic E-state index is 3.64. The lowest BCUT2D eigenvalue weighted by Gasteiger charge is -2.25. The normalized spacial score (nSPS) is 13.6. The summed E-state index contributed by atoms with van der Waals surface area (Å²) < 4.78 is 0.304. The minimum absolute atomic E-state index is 0.304. The fraction of sp³-hybridized carbons (Fsp3) is 0.444. The highest BCUT2D eigenvalue weighted by Crippen LogP contribution is 2.31. The summed E-state index contributed by atoms with van der Waals surface area (Å²) in [4.78, 5) is 0. The number of hydrogen-bond acceptors (Lipinski definition) is 2. The summed E-state index contributed by atoms with van der Waals surface area (Å²) in [6, 6.07) is 15.7. The molecule has 0 radical (unpaired) electrons. The van der Waals surface area contributed by atoms with E-state index >= 15 is 0 Å². The van der Waals surface area contributed by atoms with Crippen LogP contribution in [-0.4, -0.2) is 17.0 Å². The number of fused-ring (bicyclic) bond motifs is 1. The molecule has 0 aliphatic carbocycles. The molecule has 0 aliphatic heterocycles. The van der Waals surface area contributed by atoms with E-state index in [-0.39, 0.29) is 0 Å². The summed E-state index contributed by atoms with van der Waals surface area (Å²) >= 11 is 2.02. The zero-order valence-corrected chi connectivity index (χ0v) is 13.8. The van der Waals surface area contributed by atoms with Crippen LogP contribution in [0.25, 0.3) is 10.8 Å². The van der Waals surface area contributed by atoms with Gasteiger partial charge in [-0.1, -0.05) is 70.2 Å². The molecule has 1 N–H and O–H groups in total. The number of thioether (sulfide) groups is 1. The van der Waals surface area contributed by atoms with Crippen molar-refractivity contribution in [2.24, 2.45) is 0 Å². The van der Waals surface area contributed by atoms with Gasteiger partial charge in [0.1, 0.15) is 0 Å². The van der Waals surface area contributed by atoms with Crippen LogP contribution in [-0.2, 0) is 0 Å². The largest absolute Gasteiger partial charge is 0.309 e. The second-order valence-electron chi connectivity index (χ2n) is 6.10. The summed E-state index contributed by atoms with van der Waals surface area (Å²) in [5, 5.41) is 6.34. The summed E-state index contributed by atoms with van der Waals surface area (Å²) in [5.74, 6) is 1.10. The van der Waals surface area contributed by atoms with E-state index in [1.807, 2.05) is 11.8 Å². The van der Waals surface area contributed by atoms with Crippen molar-refractivity contribution in [3.8, 4) is 0 Å². The molecule has 2 heteroatoms. The Morgan fingerprint density at radius 3 is 2.45 bits per heavy atom. The van der Waals surface area contributed by atoms with Gasteiger partial charge in [0.25, 0.3) is 0 Å². The Balaban J connectivity index is 2.31. The molecule has 0 amide bonds. The summed E-state index contributed by atoms with van der Waals surface area (Å²) in [5.41, 5.74) is 1.42. The Hall–Kier alpha value is -0.990. The van der Waals surface area contributed by atoms with Crippen LogP contribution in [0.1, 0.15) is 39.3 Å². The maximum absolute atomic E-state index is 3.64. The van der Waals surface area contributed by atoms with Crippen molar-refractivity contribution in [3.05, 3.63) is 48.0 Å². The number of rotatable bonds is 5. The lowest BCUT2D eigenvalue weighted by Crippen LogP contribution is -2.25. The Morgan fingerprint density at radius 2 is 1.75 bits per heavy atom. The van der Waals surface area contributed by atoms with Gasteiger partial charge in [-0.05, 0) is 22.9 Å². The van der Waals surface area contributed by atoms with Crippen LogP contribution in [0.3, 0.4) is 0 Å². The molecule has 0 aliphatic rings. The summed E-state index contributed by atoms with van der Waals surface area (Å²) in [7, 11) is 0. The topological polar surface area (TPSA) is 12.0 Å². The zero-order valence-electron chi connectivity index (χ0n) is 12.9. The molecule has 1 atom stereocenters. The molecular weight excluding hydrogens is 262 g/mol. The SMILES string of the molecule is CCNC(CSC(C)(C)C)c1cccc2ccccc12. The molecule has 0 fully saturated rings. The first-order chi connectivity index (χ1) is 9.51. The average Bonchev–Trinajstić information content (AvgIpc) is 2.42. The van der Waals surface area contributed by atoms with Gasteiger partial charge in [0.2, 0.25) is 0 Å². The highest BCUT2D eigenvalue weighted by Gasteiger charge is 2.18. The first-order valence-electron chi connectivity index (χ1n) is 7.36. The molecule has 108 valence electrons. The smallest absolute Gasteiger partial charge is 0.0418 e. The molecule has 2 aromatic rings. The first kappa shape index (κ1) is 15.4. The van der Waals surface area contributed by atoms with Crippen LogP contribution in [0.15, 0.2) is 42.5 Å². The lowest BCUT2D eigenvalue weighted by molar-refractivity contribution is 0.607. The Morgan fingerprint density at radius 1 is 1.05 bits per heavy atom. The van der Waals surface area contributed by atoms with Gasteiger partial charge >= 0.3 is 0 Å². The Labute approximate surface area is 127 Å². The van der Waals surface area contributed by atoms with Crippen LogP contribution >= 0.6 is 11.8 Å². The van der Waals surface area contributed by atoms with Crippen LogP contribution in [0.2, 0.25) is 0 Å². The molecule has 0 bridgehead atoms. The third-order valence-electron chi connectivity index (χ3n) is 3.33. The molecular formula is C18H25NS. The third kappa shape index (κ3) is 4.00. The van der Waals surface area contributed by atoms with Crippen molar-refractivity contribution in [2.75, 3.05) is 12.3 Å². The van der Waals surface area contributed by atoms with E-state index in [2.05, 4.69) is 75.5 Å². The van der Waals surface area contributed by atoms with Gasteiger partial charge in [-0.3, -0.25) is 0 Å². The molecule has 0 spiro atoms. The summed E-state index contributed by atoms with van der Waals surface area (Å²) in [6.07, 6.45) is 0. The minimum Gasteiger partial charge on any atom is -0.309 e. The summed E-state index contributed by atoms with van der Waals surface area (Å²) in [6.45, 7) is 10.0. The van der Waals surface area contributed by atoms with Crippen molar-refractivity contribution in [3.63, 3.8) is 0 Å². The molecule has 1 unspecified atom stereocenters. The molecule has 0 saturated heterocycles.